The summed E-state index contributed by atoms with van der Waals surface area (Å²) in [6.07, 6.45) is 0. The highest BCUT2D eigenvalue weighted by Gasteiger charge is 2.41. The van der Waals surface area contributed by atoms with E-state index in [1.807, 2.05) is 0 Å². The SMILES string of the molecule is C[C@H](C(=O)Oc1ccc(Br)cc1)N1C(=O)c2ccccc2C1=O. The second-order valence-corrected chi connectivity index (χ2v) is 5.99. The molecule has 1 aliphatic rings. The fraction of sp³-hybridized carbons (Fsp3) is 0.118. The molecule has 3 rings (SSSR count). The lowest BCUT2D eigenvalue weighted by molar-refractivity contribution is -0.138. The number of benzene rings is 2. The topological polar surface area (TPSA) is 63.7 Å². The van der Waals surface area contributed by atoms with E-state index in [4.69, 9.17) is 4.74 Å². The van der Waals surface area contributed by atoms with Crippen molar-refractivity contribution in [3.05, 3.63) is 64.1 Å². The molecule has 1 atom stereocenters. The second-order valence-electron chi connectivity index (χ2n) is 5.08. The number of halogens is 1. The van der Waals surface area contributed by atoms with Crippen molar-refractivity contribution >= 4 is 33.7 Å². The summed E-state index contributed by atoms with van der Waals surface area (Å²) in [5.74, 6) is -1.28. The minimum Gasteiger partial charge on any atom is -0.425 e. The van der Waals surface area contributed by atoms with E-state index in [9.17, 15) is 14.4 Å². The summed E-state index contributed by atoms with van der Waals surface area (Å²) in [4.78, 5) is 37.9. The van der Waals surface area contributed by atoms with E-state index < -0.39 is 23.8 Å². The van der Waals surface area contributed by atoms with Crippen molar-refractivity contribution in [3.63, 3.8) is 0 Å². The molecule has 6 heteroatoms. The van der Waals surface area contributed by atoms with Crippen LogP contribution in [0.3, 0.4) is 0 Å². The van der Waals surface area contributed by atoms with Crippen LogP contribution in [-0.4, -0.2) is 28.7 Å². The summed E-state index contributed by atoms with van der Waals surface area (Å²) < 4.78 is 6.09. The second kappa shape index (κ2) is 5.96. The molecular weight excluding hydrogens is 362 g/mol. The predicted molar refractivity (Wildman–Crippen MR) is 86.2 cm³/mol. The van der Waals surface area contributed by atoms with Crippen molar-refractivity contribution < 1.29 is 19.1 Å². The van der Waals surface area contributed by atoms with Crippen LogP contribution in [0.4, 0.5) is 0 Å². The third-order valence-corrected chi connectivity index (χ3v) is 4.11. The molecular formula is C17H12BrNO4. The lowest BCUT2D eigenvalue weighted by Crippen LogP contribution is -2.44. The Morgan fingerprint density at radius 1 is 1.00 bits per heavy atom. The van der Waals surface area contributed by atoms with Crippen molar-refractivity contribution in [1.82, 2.24) is 4.90 Å². The number of carbonyl (C=O) groups excluding carboxylic acids is 3. The molecule has 0 bridgehead atoms. The van der Waals surface area contributed by atoms with Gasteiger partial charge in [-0.2, -0.15) is 0 Å². The molecule has 23 heavy (non-hydrogen) atoms. The maximum atomic E-state index is 12.3. The minimum absolute atomic E-state index is 0.306. The summed E-state index contributed by atoms with van der Waals surface area (Å²) >= 11 is 3.29. The molecule has 1 aliphatic heterocycles. The summed E-state index contributed by atoms with van der Waals surface area (Å²) in [5, 5.41) is 0. The molecule has 0 spiro atoms. The first kappa shape index (κ1) is 15.4. The molecule has 0 saturated heterocycles. The van der Waals surface area contributed by atoms with E-state index >= 15 is 0 Å². The number of fused-ring (bicyclic) bond motifs is 1. The lowest BCUT2D eigenvalue weighted by Gasteiger charge is -2.20. The van der Waals surface area contributed by atoms with Crippen LogP contribution < -0.4 is 4.74 Å². The van der Waals surface area contributed by atoms with Gasteiger partial charge in [-0.05, 0) is 43.3 Å². The van der Waals surface area contributed by atoms with Gasteiger partial charge in [-0.15, -0.1) is 0 Å². The Morgan fingerprint density at radius 2 is 1.52 bits per heavy atom. The summed E-state index contributed by atoms with van der Waals surface area (Å²) in [7, 11) is 0. The highest BCUT2D eigenvalue weighted by Crippen LogP contribution is 2.25. The molecule has 5 nitrogen and oxygen atoms in total. The molecule has 0 N–H and O–H groups in total. The van der Waals surface area contributed by atoms with Gasteiger partial charge >= 0.3 is 5.97 Å². The van der Waals surface area contributed by atoms with Gasteiger partial charge in [0.2, 0.25) is 0 Å². The summed E-state index contributed by atoms with van der Waals surface area (Å²) in [6, 6.07) is 12.2. The fourth-order valence-electron chi connectivity index (χ4n) is 2.37. The van der Waals surface area contributed by atoms with Crippen molar-refractivity contribution in [1.29, 1.82) is 0 Å². The van der Waals surface area contributed by atoms with Crippen LogP contribution in [-0.2, 0) is 4.79 Å². The van der Waals surface area contributed by atoms with Crippen LogP contribution in [0.15, 0.2) is 53.0 Å². The molecule has 116 valence electrons. The van der Waals surface area contributed by atoms with E-state index in [0.29, 0.717) is 16.9 Å². The van der Waals surface area contributed by atoms with Gasteiger partial charge in [-0.3, -0.25) is 14.5 Å². The number of amides is 2. The first-order valence-corrected chi connectivity index (χ1v) is 7.72. The molecule has 1 heterocycles. The monoisotopic (exact) mass is 373 g/mol. The molecule has 2 aromatic rings. The number of hydrogen-bond donors (Lipinski definition) is 0. The predicted octanol–water partition coefficient (Wildman–Crippen LogP) is 3.04. The average Bonchev–Trinajstić information content (AvgIpc) is 2.81. The highest BCUT2D eigenvalue weighted by atomic mass is 79.9. The number of carbonyl (C=O) groups is 3. The molecule has 2 aromatic carbocycles. The minimum atomic E-state index is -1.01. The summed E-state index contributed by atoms with van der Waals surface area (Å²) in [5.41, 5.74) is 0.613. The maximum Gasteiger partial charge on any atom is 0.334 e. The van der Waals surface area contributed by atoms with Crippen LogP contribution in [0.5, 0.6) is 5.75 Å². The zero-order valence-electron chi connectivity index (χ0n) is 12.2. The number of nitrogens with zero attached hydrogens (tertiary/aromatic N) is 1. The molecule has 2 amide bonds. The van der Waals surface area contributed by atoms with Crippen molar-refractivity contribution in [2.45, 2.75) is 13.0 Å². The van der Waals surface area contributed by atoms with E-state index in [-0.39, 0.29) is 0 Å². The van der Waals surface area contributed by atoms with Gasteiger partial charge in [-0.25, -0.2) is 4.79 Å². The molecule has 0 saturated carbocycles. The molecule has 0 fully saturated rings. The first-order chi connectivity index (χ1) is 11.0. The third kappa shape index (κ3) is 2.77. The third-order valence-electron chi connectivity index (χ3n) is 3.59. The van der Waals surface area contributed by atoms with Crippen LogP contribution in [0.2, 0.25) is 0 Å². The summed E-state index contributed by atoms with van der Waals surface area (Å²) in [6.45, 7) is 1.48. The van der Waals surface area contributed by atoms with E-state index in [2.05, 4.69) is 15.9 Å². The number of esters is 1. The maximum absolute atomic E-state index is 12.3. The number of hydrogen-bond acceptors (Lipinski definition) is 4. The smallest absolute Gasteiger partial charge is 0.334 e. The quantitative estimate of drug-likeness (QED) is 0.471. The number of rotatable bonds is 3. The highest BCUT2D eigenvalue weighted by molar-refractivity contribution is 9.10. The molecule has 0 aliphatic carbocycles. The lowest BCUT2D eigenvalue weighted by atomic mass is 10.1. The van der Waals surface area contributed by atoms with Crippen LogP contribution in [0.25, 0.3) is 0 Å². The Kier molecular flexibility index (Phi) is 4.00. The Bertz CT molecular complexity index is 765. The Hall–Kier alpha value is -2.47. The van der Waals surface area contributed by atoms with Crippen molar-refractivity contribution in [2.24, 2.45) is 0 Å². The Morgan fingerprint density at radius 3 is 2.04 bits per heavy atom. The van der Waals surface area contributed by atoms with E-state index in [1.54, 1.807) is 48.5 Å². The fourth-order valence-corrected chi connectivity index (χ4v) is 2.63. The van der Waals surface area contributed by atoms with Crippen molar-refractivity contribution in [3.8, 4) is 5.75 Å². The number of imide groups is 1. The first-order valence-electron chi connectivity index (χ1n) is 6.93. The van der Waals surface area contributed by atoms with Gasteiger partial charge in [0.25, 0.3) is 11.8 Å². The van der Waals surface area contributed by atoms with Gasteiger partial charge in [0.05, 0.1) is 11.1 Å². The zero-order valence-corrected chi connectivity index (χ0v) is 13.7. The number of ether oxygens (including phenoxy) is 1. The molecule has 0 radical (unpaired) electrons. The standard InChI is InChI=1S/C17H12BrNO4/c1-10(17(22)23-12-8-6-11(18)7-9-12)19-15(20)13-4-2-3-5-14(13)16(19)21/h2-10H,1H3/t10-/m1/s1. The molecule has 0 aromatic heterocycles. The van der Waals surface area contributed by atoms with Gasteiger partial charge in [0, 0.05) is 4.47 Å². The van der Waals surface area contributed by atoms with Crippen LogP contribution in [0.1, 0.15) is 27.6 Å². The van der Waals surface area contributed by atoms with E-state index in [1.165, 1.54) is 6.92 Å². The zero-order chi connectivity index (χ0) is 16.6. The van der Waals surface area contributed by atoms with Crippen LogP contribution in [0, 0.1) is 0 Å². The van der Waals surface area contributed by atoms with Crippen molar-refractivity contribution in [2.75, 3.05) is 0 Å². The Balaban J connectivity index is 1.79. The average molecular weight is 374 g/mol. The van der Waals surface area contributed by atoms with Crippen LogP contribution >= 0.6 is 15.9 Å². The van der Waals surface area contributed by atoms with Gasteiger partial charge in [0.15, 0.2) is 0 Å². The normalized spacial score (nSPS) is 14.6. The molecule has 0 unspecified atom stereocenters. The van der Waals surface area contributed by atoms with Gasteiger partial charge in [0.1, 0.15) is 11.8 Å². The Labute approximate surface area is 141 Å². The largest absolute Gasteiger partial charge is 0.425 e. The van der Waals surface area contributed by atoms with E-state index in [0.717, 1.165) is 9.37 Å². The van der Waals surface area contributed by atoms with Gasteiger partial charge in [-0.1, -0.05) is 28.1 Å². The van der Waals surface area contributed by atoms with Gasteiger partial charge < -0.3 is 4.74 Å².